The highest BCUT2D eigenvalue weighted by molar-refractivity contribution is 5.88. The first-order valence-corrected chi connectivity index (χ1v) is 5.12. The van der Waals surface area contributed by atoms with E-state index in [1.54, 1.807) is 6.92 Å². The van der Waals surface area contributed by atoms with Gasteiger partial charge in [0.15, 0.2) is 5.60 Å². The van der Waals surface area contributed by atoms with Crippen molar-refractivity contribution >= 4 is 11.9 Å². The molecular formula is C11H14O4. The smallest absolute Gasteiger partial charge is 0.333 e. The van der Waals surface area contributed by atoms with Gasteiger partial charge < -0.3 is 9.47 Å². The van der Waals surface area contributed by atoms with Gasteiger partial charge in [-0.3, -0.25) is 4.79 Å². The van der Waals surface area contributed by atoms with Crippen molar-refractivity contribution in [1.29, 1.82) is 0 Å². The minimum atomic E-state index is -0.701. The molecule has 1 aliphatic carbocycles. The van der Waals surface area contributed by atoms with Gasteiger partial charge in [0.1, 0.15) is 6.10 Å². The van der Waals surface area contributed by atoms with E-state index in [2.05, 4.69) is 6.58 Å². The van der Waals surface area contributed by atoms with Crippen LogP contribution in [-0.2, 0) is 19.1 Å². The van der Waals surface area contributed by atoms with E-state index in [1.165, 1.54) is 0 Å². The van der Waals surface area contributed by atoms with Gasteiger partial charge in [-0.2, -0.15) is 0 Å². The van der Waals surface area contributed by atoms with Crippen LogP contribution in [0.3, 0.4) is 0 Å². The molecule has 0 amide bonds. The number of rotatable bonds is 2. The van der Waals surface area contributed by atoms with Crippen molar-refractivity contribution in [2.45, 2.75) is 44.3 Å². The molecule has 4 heteroatoms. The molecule has 4 nitrogen and oxygen atoms in total. The molecule has 1 saturated heterocycles. The fourth-order valence-electron chi connectivity index (χ4n) is 2.25. The van der Waals surface area contributed by atoms with Crippen LogP contribution in [0, 0.1) is 0 Å². The Labute approximate surface area is 88.2 Å². The molecule has 2 aliphatic rings. The second-order valence-corrected chi connectivity index (χ2v) is 4.28. The molecule has 1 heterocycles. The van der Waals surface area contributed by atoms with E-state index in [-0.39, 0.29) is 18.5 Å². The van der Waals surface area contributed by atoms with Crippen LogP contribution >= 0.6 is 0 Å². The third-order valence-corrected chi connectivity index (χ3v) is 3.01. The monoisotopic (exact) mass is 210 g/mol. The van der Waals surface area contributed by atoms with Gasteiger partial charge in [-0.25, -0.2) is 4.79 Å². The molecule has 2 unspecified atom stereocenters. The maximum atomic E-state index is 11.5. The highest BCUT2D eigenvalue weighted by atomic mass is 16.6. The summed E-state index contributed by atoms with van der Waals surface area (Å²) in [7, 11) is 0. The maximum absolute atomic E-state index is 11.5. The Balaban J connectivity index is 2.14. The Kier molecular flexibility index (Phi) is 2.29. The molecule has 15 heavy (non-hydrogen) atoms. The average Bonchev–Trinajstić information content (AvgIpc) is 2.59. The molecule has 82 valence electrons. The number of fused-ring (bicyclic) bond motifs is 1. The Morgan fingerprint density at radius 3 is 3.07 bits per heavy atom. The zero-order valence-electron chi connectivity index (χ0n) is 8.75. The van der Waals surface area contributed by atoms with E-state index in [0.29, 0.717) is 12.0 Å². The molecule has 0 spiro atoms. The minimum Gasteiger partial charge on any atom is -0.458 e. The van der Waals surface area contributed by atoms with Crippen LogP contribution in [0.15, 0.2) is 12.2 Å². The fourth-order valence-corrected chi connectivity index (χ4v) is 2.25. The summed E-state index contributed by atoms with van der Waals surface area (Å²) in [5.41, 5.74) is -0.345. The summed E-state index contributed by atoms with van der Waals surface area (Å²) in [4.78, 5) is 22.6. The summed E-state index contributed by atoms with van der Waals surface area (Å²) in [6.07, 6.45) is 2.38. The van der Waals surface area contributed by atoms with E-state index in [1.807, 2.05) is 0 Å². The molecule has 2 atom stereocenters. The Hall–Kier alpha value is -1.32. The SMILES string of the molecule is C=C(C)C(=O)OC12CCCC1OC(=O)C2. The quantitative estimate of drug-likeness (QED) is 0.510. The molecule has 1 saturated carbocycles. The molecule has 0 bridgehead atoms. The number of ether oxygens (including phenoxy) is 2. The standard InChI is InChI=1S/C11H14O4/c1-7(2)10(13)15-11-5-3-4-8(11)14-9(12)6-11/h8H,1,3-6H2,2H3. The van der Waals surface area contributed by atoms with Crippen molar-refractivity contribution in [3.8, 4) is 0 Å². The molecule has 0 aromatic rings. The summed E-state index contributed by atoms with van der Waals surface area (Å²) in [5, 5.41) is 0. The second-order valence-electron chi connectivity index (χ2n) is 4.28. The van der Waals surface area contributed by atoms with Gasteiger partial charge in [0.25, 0.3) is 0 Å². The maximum Gasteiger partial charge on any atom is 0.333 e. The van der Waals surface area contributed by atoms with Gasteiger partial charge in [-0.05, 0) is 26.2 Å². The molecule has 1 aliphatic heterocycles. The van der Waals surface area contributed by atoms with E-state index in [0.717, 1.165) is 12.8 Å². The minimum absolute atomic E-state index is 0.191. The van der Waals surface area contributed by atoms with Gasteiger partial charge in [0.05, 0.1) is 6.42 Å². The van der Waals surface area contributed by atoms with Gasteiger partial charge in [-0.15, -0.1) is 0 Å². The van der Waals surface area contributed by atoms with Crippen LogP contribution in [0.4, 0.5) is 0 Å². The molecule has 0 radical (unpaired) electrons. The number of carbonyl (C=O) groups is 2. The van der Waals surface area contributed by atoms with E-state index in [9.17, 15) is 9.59 Å². The Morgan fingerprint density at radius 1 is 1.67 bits per heavy atom. The van der Waals surface area contributed by atoms with Crippen molar-refractivity contribution in [2.75, 3.05) is 0 Å². The molecular weight excluding hydrogens is 196 g/mol. The van der Waals surface area contributed by atoms with Crippen LogP contribution in [0.25, 0.3) is 0 Å². The van der Waals surface area contributed by atoms with Crippen LogP contribution < -0.4 is 0 Å². The first kappa shape index (κ1) is 10.2. The lowest BCUT2D eigenvalue weighted by molar-refractivity contribution is -0.158. The summed E-state index contributed by atoms with van der Waals surface area (Å²) in [6, 6.07) is 0. The number of esters is 2. The second kappa shape index (κ2) is 3.36. The summed E-state index contributed by atoms with van der Waals surface area (Å²) >= 11 is 0. The summed E-state index contributed by atoms with van der Waals surface area (Å²) in [5.74, 6) is -0.700. The lowest BCUT2D eigenvalue weighted by Gasteiger charge is -2.26. The summed E-state index contributed by atoms with van der Waals surface area (Å²) in [6.45, 7) is 5.12. The zero-order valence-corrected chi connectivity index (χ0v) is 8.75. The lowest BCUT2D eigenvalue weighted by atomic mass is 9.98. The van der Waals surface area contributed by atoms with Crippen molar-refractivity contribution in [1.82, 2.24) is 0 Å². The van der Waals surface area contributed by atoms with Gasteiger partial charge in [0.2, 0.25) is 0 Å². The van der Waals surface area contributed by atoms with E-state index in [4.69, 9.17) is 9.47 Å². The summed E-state index contributed by atoms with van der Waals surface area (Å²) < 4.78 is 10.5. The topological polar surface area (TPSA) is 52.6 Å². The third-order valence-electron chi connectivity index (χ3n) is 3.01. The number of carbonyl (C=O) groups excluding carboxylic acids is 2. The third kappa shape index (κ3) is 1.64. The van der Waals surface area contributed by atoms with Crippen LogP contribution in [0.1, 0.15) is 32.6 Å². The normalized spacial score (nSPS) is 33.4. The lowest BCUT2D eigenvalue weighted by Crippen LogP contribution is -2.38. The van der Waals surface area contributed by atoms with Crippen molar-refractivity contribution in [3.05, 3.63) is 12.2 Å². The highest BCUT2D eigenvalue weighted by Crippen LogP contribution is 2.43. The predicted octanol–water partition coefficient (Wildman–Crippen LogP) is 1.34. The van der Waals surface area contributed by atoms with Gasteiger partial charge in [0, 0.05) is 5.57 Å². The average molecular weight is 210 g/mol. The van der Waals surface area contributed by atoms with Crippen molar-refractivity contribution < 1.29 is 19.1 Å². The van der Waals surface area contributed by atoms with Gasteiger partial charge in [-0.1, -0.05) is 6.58 Å². The van der Waals surface area contributed by atoms with Crippen molar-refractivity contribution in [2.24, 2.45) is 0 Å². The highest BCUT2D eigenvalue weighted by Gasteiger charge is 2.55. The molecule has 2 fully saturated rings. The fraction of sp³-hybridized carbons (Fsp3) is 0.636. The van der Waals surface area contributed by atoms with Crippen LogP contribution in [0.5, 0.6) is 0 Å². The van der Waals surface area contributed by atoms with E-state index >= 15 is 0 Å². The first-order chi connectivity index (χ1) is 7.03. The number of hydrogen-bond donors (Lipinski definition) is 0. The predicted molar refractivity (Wildman–Crippen MR) is 52.0 cm³/mol. The van der Waals surface area contributed by atoms with Crippen LogP contribution in [0.2, 0.25) is 0 Å². The molecule has 0 N–H and O–H groups in total. The zero-order chi connectivity index (χ0) is 11.1. The molecule has 0 aromatic carbocycles. The first-order valence-electron chi connectivity index (χ1n) is 5.12. The van der Waals surface area contributed by atoms with E-state index < -0.39 is 11.6 Å². The molecule has 0 aromatic heterocycles. The van der Waals surface area contributed by atoms with Crippen molar-refractivity contribution in [3.63, 3.8) is 0 Å². The Morgan fingerprint density at radius 2 is 2.40 bits per heavy atom. The Bertz CT molecular complexity index is 333. The molecule has 2 rings (SSSR count). The van der Waals surface area contributed by atoms with Gasteiger partial charge >= 0.3 is 11.9 Å². The van der Waals surface area contributed by atoms with Crippen LogP contribution in [-0.4, -0.2) is 23.6 Å². The largest absolute Gasteiger partial charge is 0.458 e. The number of hydrogen-bond acceptors (Lipinski definition) is 4.